The Hall–Kier alpha value is -0.780. The van der Waals surface area contributed by atoms with Crippen LogP contribution in [0.15, 0.2) is 23.2 Å². The number of hydrogen-bond donors (Lipinski definition) is 0. The first-order valence-electron chi connectivity index (χ1n) is 6.39. The number of hydrogen-bond acceptors (Lipinski definition) is 1. The summed E-state index contributed by atoms with van der Waals surface area (Å²) in [4.78, 5) is 0.0466. The first kappa shape index (κ1) is 20.5. The van der Waals surface area contributed by atoms with Gasteiger partial charge in [-0.25, -0.2) is 4.39 Å². The van der Waals surface area contributed by atoms with Crippen LogP contribution in [0.5, 0.6) is 0 Å². The third kappa shape index (κ3) is 3.83. The summed E-state index contributed by atoms with van der Waals surface area (Å²) in [5.41, 5.74) is -0.716. The topological polar surface area (TPSA) is 28.7 Å². The number of halogens is 8. The smallest absolute Gasteiger partial charge is 0.316 e. The fraction of sp³-hybridized carbons (Fsp3) is 0.214. The summed E-state index contributed by atoms with van der Waals surface area (Å²) in [7, 11) is 8.98. The van der Waals surface area contributed by atoms with E-state index in [9.17, 15) is 22.8 Å². The van der Waals surface area contributed by atoms with Gasteiger partial charge in [-0.05, 0) is 48.9 Å². The maximum Gasteiger partial charge on any atom is 0.416 e. The monoisotopic (exact) mass is 452 g/mol. The van der Waals surface area contributed by atoms with Crippen molar-refractivity contribution in [2.24, 2.45) is 0 Å². The summed E-state index contributed by atoms with van der Waals surface area (Å²) < 4.78 is 53.0. The zero-order chi connectivity index (χ0) is 19.2. The van der Waals surface area contributed by atoms with Crippen LogP contribution in [0.25, 0.3) is 5.69 Å². The molecule has 0 aliphatic heterocycles. The van der Waals surface area contributed by atoms with E-state index in [4.69, 9.17) is 44.6 Å². The molecule has 0 fully saturated rings. The number of rotatable bonds is 3. The SMILES string of the molecule is Cc1c(C#N)c(S(Cl)(Cl)CF)cn1-c1c(Cl)cc(C(F)(F)F)cc1Cl. The molecule has 0 saturated carbocycles. The molecule has 1 aromatic carbocycles. The minimum Gasteiger partial charge on any atom is -0.316 e. The lowest BCUT2D eigenvalue weighted by Gasteiger charge is -2.19. The van der Waals surface area contributed by atoms with E-state index in [0.717, 1.165) is 0 Å². The summed E-state index contributed by atoms with van der Waals surface area (Å²) in [6.45, 7) is 1.49. The summed E-state index contributed by atoms with van der Waals surface area (Å²) in [5, 5.41) is 8.72. The second-order valence-corrected chi connectivity index (χ2v) is 11.2. The molecule has 1 aromatic heterocycles. The highest BCUT2D eigenvalue weighted by Gasteiger charge is 2.33. The molecule has 2 aromatic rings. The van der Waals surface area contributed by atoms with Gasteiger partial charge in [-0.3, -0.25) is 0 Å². The predicted molar refractivity (Wildman–Crippen MR) is 93.8 cm³/mol. The van der Waals surface area contributed by atoms with Crippen molar-refractivity contribution < 1.29 is 17.6 Å². The highest BCUT2D eigenvalue weighted by molar-refractivity contribution is 8.65. The van der Waals surface area contributed by atoms with Crippen molar-refractivity contribution in [2.45, 2.75) is 18.0 Å². The Bertz CT molecular complexity index is 848. The summed E-state index contributed by atoms with van der Waals surface area (Å²) in [5.74, 6) is 0. The van der Waals surface area contributed by atoms with E-state index in [0.29, 0.717) is 12.1 Å². The first-order chi connectivity index (χ1) is 11.4. The Morgan fingerprint density at radius 3 is 2.12 bits per heavy atom. The molecule has 2 nitrogen and oxygen atoms in total. The average Bonchev–Trinajstić information content (AvgIpc) is 2.83. The molecule has 0 aliphatic carbocycles. The number of aromatic nitrogens is 1. The molecule has 0 N–H and O–H groups in total. The van der Waals surface area contributed by atoms with Gasteiger partial charge < -0.3 is 4.57 Å². The molecule has 11 heteroatoms. The molecule has 0 spiro atoms. The lowest BCUT2D eigenvalue weighted by molar-refractivity contribution is -0.137. The second kappa shape index (κ2) is 7.09. The highest BCUT2D eigenvalue weighted by Crippen LogP contribution is 2.66. The molecule has 0 saturated heterocycles. The number of benzene rings is 1. The van der Waals surface area contributed by atoms with Crippen LogP contribution < -0.4 is 0 Å². The molecule has 0 radical (unpaired) electrons. The fourth-order valence-electron chi connectivity index (χ4n) is 2.19. The lowest BCUT2D eigenvalue weighted by Crippen LogP contribution is -2.07. The zero-order valence-electron chi connectivity index (χ0n) is 12.3. The molecule has 0 amide bonds. The van der Waals surface area contributed by atoms with Gasteiger partial charge in [0.25, 0.3) is 0 Å². The normalized spacial score (nSPS) is 13.0. The quantitative estimate of drug-likeness (QED) is 0.445. The minimum absolute atomic E-state index is 0.0129. The van der Waals surface area contributed by atoms with Crippen LogP contribution in [0.1, 0.15) is 16.8 Å². The van der Waals surface area contributed by atoms with E-state index < -0.39 is 26.2 Å². The zero-order valence-corrected chi connectivity index (χ0v) is 16.1. The van der Waals surface area contributed by atoms with Crippen LogP contribution in [0.4, 0.5) is 17.6 Å². The van der Waals surface area contributed by atoms with E-state index in [-0.39, 0.29) is 31.9 Å². The van der Waals surface area contributed by atoms with Crippen molar-refractivity contribution in [1.29, 1.82) is 5.26 Å². The van der Waals surface area contributed by atoms with Crippen molar-refractivity contribution in [3.8, 4) is 11.8 Å². The summed E-state index contributed by atoms with van der Waals surface area (Å²) >= 11 is 12.0. The molecule has 0 unspecified atom stereocenters. The molecular weight excluding hydrogens is 446 g/mol. The van der Waals surface area contributed by atoms with Gasteiger partial charge >= 0.3 is 6.18 Å². The lowest BCUT2D eigenvalue weighted by atomic mass is 10.2. The molecule has 2 rings (SSSR count). The Morgan fingerprint density at radius 1 is 1.20 bits per heavy atom. The van der Waals surface area contributed by atoms with Crippen molar-refractivity contribution in [2.75, 3.05) is 6.01 Å². The Balaban J connectivity index is 2.75. The van der Waals surface area contributed by atoms with Crippen LogP contribution in [0.3, 0.4) is 0 Å². The third-order valence-electron chi connectivity index (χ3n) is 3.37. The standard InChI is InChI=1S/C14H8Cl4F4N2S/c1-7-9(4-23)12(25(17,18)6-19)5-24(7)13-10(15)2-8(3-11(13)16)14(20,21)22/h2-3,5H,6H2,1H3. The van der Waals surface area contributed by atoms with Gasteiger partial charge in [-0.1, -0.05) is 23.2 Å². The maximum absolute atomic E-state index is 13.1. The second-order valence-electron chi connectivity index (χ2n) is 4.91. The first-order valence-corrected chi connectivity index (χ1v) is 10.6. The van der Waals surface area contributed by atoms with E-state index in [1.165, 1.54) is 17.7 Å². The Morgan fingerprint density at radius 2 is 1.72 bits per heavy atom. The highest BCUT2D eigenvalue weighted by atomic mass is 36.0. The molecule has 1 heterocycles. The van der Waals surface area contributed by atoms with E-state index >= 15 is 0 Å². The molecule has 136 valence electrons. The molecule has 0 bridgehead atoms. The van der Waals surface area contributed by atoms with Gasteiger partial charge in [0.2, 0.25) is 0 Å². The Labute approximate surface area is 161 Å². The van der Waals surface area contributed by atoms with Gasteiger partial charge in [0, 0.05) is 11.9 Å². The third-order valence-corrected chi connectivity index (χ3v) is 6.67. The average molecular weight is 454 g/mol. The molecule has 25 heavy (non-hydrogen) atoms. The van der Waals surface area contributed by atoms with E-state index in [1.54, 1.807) is 0 Å². The largest absolute Gasteiger partial charge is 0.416 e. The summed E-state index contributed by atoms with van der Waals surface area (Å²) in [6.07, 6.45) is -3.36. The van der Waals surface area contributed by atoms with Gasteiger partial charge in [0.15, 0.2) is 0 Å². The van der Waals surface area contributed by atoms with Crippen molar-refractivity contribution in [3.05, 3.63) is 45.2 Å². The number of alkyl halides is 4. The van der Waals surface area contributed by atoms with Crippen LogP contribution in [0.2, 0.25) is 10.0 Å². The van der Waals surface area contributed by atoms with Gasteiger partial charge in [0.05, 0.1) is 31.8 Å². The van der Waals surface area contributed by atoms with E-state index in [2.05, 4.69) is 0 Å². The van der Waals surface area contributed by atoms with Gasteiger partial charge in [-0.2, -0.15) is 18.4 Å². The van der Waals surface area contributed by atoms with Crippen molar-refractivity contribution in [3.63, 3.8) is 0 Å². The van der Waals surface area contributed by atoms with Gasteiger partial charge in [0.1, 0.15) is 12.1 Å². The van der Waals surface area contributed by atoms with Crippen molar-refractivity contribution >= 4 is 53.0 Å². The number of nitrogens with zero attached hydrogens (tertiary/aromatic N) is 2. The maximum atomic E-state index is 13.1. The van der Waals surface area contributed by atoms with Crippen LogP contribution >= 0.6 is 53.0 Å². The number of nitriles is 1. The predicted octanol–water partition coefficient (Wildman–Crippen LogP) is 7.38. The minimum atomic E-state index is -4.62. The van der Waals surface area contributed by atoms with Crippen LogP contribution in [-0.4, -0.2) is 10.6 Å². The van der Waals surface area contributed by atoms with Crippen LogP contribution in [-0.2, 0) is 6.18 Å². The molecular formula is C14H8Cl4F4N2S. The van der Waals surface area contributed by atoms with Gasteiger partial charge in [-0.15, -0.1) is 0 Å². The molecule has 0 atom stereocenters. The van der Waals surface area contributed by atoms with Crippen LogP contribution in [0, 0.1) is 18.3 Å². The molecule has 0 aliphatic rings. The van der Waals surface area contributed by atoms with E-state index in [1.807, 2.05) is 6.07 Å². The van der Waals surface area contributed by atoms with Crippen molar-refractivity contribution in [1.82, 2.24) is 4.57 Å². The Kier molecular flexibility index (Phi) is 5.82. The summed E-state index contributed by atoms with van der Waals surface area (Å²) in [6, 6.07) is 2.20. The fourth-order valence-corrected chi connectivity index (χ4v) is 4.43.